The normalized spacial score (nSPS) is 10.1. The smallest absolute Gasteiger partial charge is 0.408 e. The Morgan fingerprint density at radius 3 is 2.84 bits per heavy atom. The number of ether oxygens (including phenoxy) is 2. The summed E-state index contributed by atoms with van der Waals surface area (Å²) in [6.45, 7) is 5.64. The lowest BCUT2D eigenvalue weighted by molar-refractivity contribution is 0.0535. The summed E-state index contributed by atoms with van der Waals surface area (Å²) in [7, 11) is 1.55. The van der Waals surface area contributed by atoms with Crippen molar-refractivity contribution < 1.29 is 14.3 Å². The van der Waals surface area contributed by atoms with Crippen molar-refractivity contribution in [3.8, 4) is 17.7 Å². The lowest BCUT2D eigenvalue weighted by Gasteiger charge is -2.18. The van der Waals surface area contributed by atoms with E-state index in [4.69, 9.17) is 9.47 Å². The zero-order valence-electron chi connectivity index (χ0n) is 11.6. The summed E-state index contributed by atoms with van der Waals surface area (Å²) in [6.07, 6.45) is 1.14. The molecule has 102 valence electrons. The second-order valence-corrected chi connectivity index (χ2v) is 4.74. The molecular weight excluding hydrogens is 244 g/mol. The highest BCUT2D eigenvalue weighted by atomic mass is 16.6. The van der Waals surface area contributed by atoms with Crippen LogP contribution in [-0.2, 0) is 4.74 Å². The second kappa shape index (κ2) is 6.64. The Hall–Kier alpha value is -2.22. The highest BCUT2D eigenvalue weighted by Gasteiger charge is 2.14. The number of nitrogens with zero attached hydrogens (tertiary/aromatic N) is 1. The third kappa shape index (κ3) is 6.32. The van der Waals surface area contributed by atoms with Gasteiger partial charge in [0.05, 0.1) is 13.7 Å². The lowest BCUT2D eigenvalue weighted by Crippen LogP contribution is -2.32. The van der Waals surface area contributed by atoms with E-state index in [1.54, 1.807) is 25.4 Å². The molecule has 0 saturated heterocycles. The van der Waals surface area contributed by atoms with Crippen LogP contribution in [-0.4, -0.2) is 30.3 Å². The van der Waals surface area contributed by atoms with Gasteiger partial charge in [0.1, 0.15) is 5.60 Å². The van der Waals surface area contributed by atoms with E-state index in [9.17, 15) is 4.79 Å². The van der Waals surface area contributed by atoms with Gasteiger partial charge in [-0.25, -0.2) is 9.78 Å². The highest BCUT2D eigenvalue weighted by Crippen LogP contribution is 2.07. The Labute approximate surface area is 113 Å². The fraction of sp³-hybridized carbons (Fsp3) is 0.429. The molecule has 5 heteroatoms. The molecule has 0 atom stereocenters. The van der Waals surface area contributed by atoms with E-state index in [0.29, 0.717) is 5.88 Å². The summed E-state index contributed by atoms with van der Waals surface area (Å²) < 4.78 is 10.1. The fourth-order valence-corrected chi connectivity index (χ4v) is 1.18. The molecule has 5 nitrogen and oxygen atoms in total. The maximum absolute atomic E-state index is 11.3. The summed E-state index contributed by atoms with van der Waals surface area (Å²) in [5.74, 6) is 6.23. The number of methoxy groups -OCH3 is 1. The summed E-state index contributed by atoms with van der Waals surface area (Å²) in [6, 6.07) is 3.49. The van der Waals surface area contributed by atoms with E-state index in [-0.39, 0.29) is 6.54 Å². The first-order valence-electron chi connectivity index (χ1n) is 5.86. The molecule has 1 amide bonds. The third-order valence-electron chi connectivity index (χ3n) is 1.90. The van der Waals surface area contributed by atoms with Gasteiger partial charge in [0.15, 0.2) is 0 Å². The van der Waals surface area contributed by atoms with Gasteiger partial charge in [-0.3, -0.25) is 0 Å². The van der Waals surface area contributed by atoms with Gasteiger partial charge in [-0.2, -0.15) is 0 Å². The van der Waals surface area contributed by atoms with E-state index in [0.717, 1.165) is 5.56 Å². The SMILES string of the molecule is COc1cc(C#CCNC(=O)OC(C)(C)C)ccn1. The van der Waals surface area contributed by atoms with Crippen LogP contribution in [0.1, 0.15) is 26.3 Å². The van der Waals surface area contributed by atoms with Crippen molar-refractivity contribution in [2.24, 2.45) is 0 Å². The number of nitrogens with one attached hydrogen (secondary N) is 1. The van der Waals surface area contributed by atoms with Crippen LogP contribution in [0.2, 0.25) is 0 Å². The number of carbonyl (C=O) groups is 1. The molecule has 0 unspecified atom stereocenters. The Morgan fingerprint density at radius 2 is 2.21 bits per heavy atom. The second-order valence-electron chi connectivity index (χ2n) is 4.74. The topological polar surface area (TPSA) is 60.5 Å². The number of aromatic nitrogens is 1. The van der Waals surface area contributed by atoms with Gasteiger partial charge in [0.25, 0.3) is 0 Å². The molecule has 1 aromatic rings. The van der Waals surface area contributed by atoms with Crippen molar-refractivity contribution >= 4 is 6.09 Å². The molecule has 0 saturated carbocycles. The van der Waals surface area contributed by atoms with E-state index in [1.165, 1.54) is 0 Å². The molecule has 0 spiro atoms. The molecule has 0 aromatic carbocycles. The lowest BCUT2D eigenvalue weighted by atomic mass is 10.2. The molecule has 0 bridgehead atoms. The Morgan fingerprint density at radius 1 is 1.47 bits per heavy atom. The number of amides is 1. The Bertz CT molecular complexity index is 495. The van der Waals surface area contributed by atoms with Crippen molar-refractivity contribution in [1.29, 1.82) is 0 Å². The van der Waals surface area contributed by atoms with Crippen LogP contribution in [0.3, 0.4) is 0 Å². The molecule has 1 aromatic heterocycles. The van der Waals surface area contributed by atoms with E-state index >= 15 is 0 Å². The third-order valence-corrected chi connectivity index (χ3v) is 1.90. The first-order valence-corrected chi connectivity index (χ1v) is 5.86. The molecule has 0 aliphatic carbocycles. The van der Waals surface area contributed by atoms with Crippen LogP contribution in [0, 0.1) is 11.8 Å². The Kier molecular flexibility index (Phi) is 5.19. The van der Waals surface area contributed by atoms with Gasteiger partial charge in [-0.1, -0.05) is 11.8 Å². The summed E-state index contributed by atoms with van der Waals surface area (Å²) in [5, 5.41) is 2.56. The first kappa shape index (κ1) is 14.8. The molecular formula is C14H18N2O3. The number of hydrogen-bond acceptors (Lipinski definition) is 4. The van der Waals surface area contributed by atoms with E-state index < -0.39 is 11.7 Å². The zero-order chi connectivity index (χ0) is 14.3. The maximum atomic E-state index is 11.3. The minimum atomic E-state index is -0.504. The van der Waals surface area contributed by atoms with Crippen molar-refractivity contribution in [2.45, 2.75) is 26.4 Å². The van der Waals surface area contributed by atoms with Crippen molar-refractivity contribution in [3.63, 3.8) is 0 Å². The number of carbonyl (C=O) groups excluding carboxylic acids is 1. The van der Waals surface area contributed by atoms with Gasteiger partial charge >= 0.3 is 6.09 Å². The predicted octanol–water partition coefficient (Wildman–Crippen LogP) is 1.97. The van der Waals surface area contributed by atoms with Gasteiger partial charge in [-0.05, 0) is 26.8 Å². The quantitative estimate of drug-likeness (QED) is 0.828. The molecule has 0 fully saturated rings. The summed E-state index contributed by atoms with van der Waals surface area (Å²) in [4.78, 5) is 15.3. The molecule has 1 rings (SSSR count). The minimum Gasteiger partial charge on any atom is -0.481 e. The molecule has 0 radical (unpaired) electrons. The van der Waals surface area contributed by atoms with E-state index in [2.05, 4.69) is 22.1 Å². The number of hydrogen-bond donors (Lipinski definition) is 1. The molecule has 0 aliphatic heterocycles. The van der Waals surface area contributed by atoms with Crippen molar-refractivity contribution in [3.05, 3.63) is 23.9 Å². The van der Waals surface area contributed by atoms with Gasteiger partial charge in [0.2, 0.25) is 5.88 Å². The highest BCUT2D eigenvalue weighted by molar-refractivity contribution is 5.68. The van der Waals surface area contributed by atoms with Crippen LogP contribution in [0.15, 0.2) is 18.3 Å². The molecule has 0 aliphatic rings. The number of rotatable bonds is 2. The molecule has 19 heavy (non-hydrogen) atoms. The van der Waals surface area contributed by atoms with E-state index in [1.807, 2.05) is 20.8 Å². The Balaban J connectivity index is 2.45. The zero-order valence-corrected chi connectivity index (χ0v) is 11.6. The fourth-order valence-electron chi connectivity index (χ4n) is 1.18. The van der Waals surface area contributed by atoms with Crippen LogP contribution in [0.25, 0.3) is 0 Å². The van der Waals surface area contributed by atoms with Gasteiger partial charge in [0, 0.05) is 17.8 Å². The van der Waals surface area contributed by atoms with Crippen LogP contribution in [0.5, 0.6) is 5.88 Å². The first-order chi connectivity index (χ1) is 8.90. The summed E-state index contributed by atoms with van der Waals surface area (Å²) in [5.41, 5.74) is 0.272. The molecule has 1 heterocycles. The van der Waals surface area contributed by atoms with Crippen LogP contribution in [0.4, 0.5) is 4.79 Å². The molecule has 1 N–H and O–H groups in total. The van der Waals surface area contributed by atoms with Gasteiger partial charge in [-0.15, -0.1) is 0 Å². The maximum Gasteiger partial charge on any atom is 0.408 e. The minimum absolute atomic E-state index is 0.222. The number of alkyl carbamates (subject to hydrolysis) is 1. The summed E-state index contributed by atoms with van der Waals surface area (Å²) >= 11 is 0. The monoisotopic (exact) mass is 262 g/mol. The number of pyridine rings is 1. The largest absolute Gasteiger partial charge is 0.481 e. The average molecular weight is 262 g/mol. The average Bonchev–Trinajstić information content (AvgIpc) is 2.33. The predicted molar refractivity (Wildman–Crippen MR) is 71.9 cm³/mol. The van der Waals surface area contributed by atoms with Crippen LogP contribution < -0.4 is 10.1 Å². The van der Waals surface area contributed by atoms with Crippen molar-refractivity contribution in [1.82, 2.24) is 10.3 Å². The standard InChI is InChI=1S/C14H18N2O3/c1-14(2,3)19-13(17)16-8-5-6-11-7-9-15-12(10-11)18-4/h7,9-10H,8H2,1-4H3,(H,16,17). The van der Waals surface area contributed by atoms with Crippen molar-refractivity contribution in [2.75, 3.05) is 13.7 Å². The van der Waals surface area contributed by atoms with Crippen LogP contribution >= 0.6 is 0 Å². The van der Waals surface area contributed by atoms with Gasteiger partial charge < -0.3 is 14.8 Å².